The Labute approximate surface area is 90.4 Å². The second-order valence-corrected chi connectivity index (χ2v) is 3.52. The molecule has 1 aromatic rings. The van der Waals surface area contributed by atoms with Crippen molar-refractivity contribution in [3.05, 3.63) is 36.3 Å². The molecule has 0 aromatic carbocycles. The molecule has 0 aliphatic carbocycles. The number of allylic oxidation sites excluding steroid dienone is 1. The molecule has 0 spiro atoms. The van der Waals surface area contributed by atoms with E-state index in [2.05, 4.69) is 4.98 Å². The van der Waals surface area contributed by atoms with Gasteiger partial charge in [0.1, 0.15) is 0 Å². The molecule has 1 rings (SSSR count). The Bertz CT molecular complexity index is 355. The number of nitrogens with zero attached hydrogens (tertiary/aromatic N) is 2. The first-order valence-corrected chi connectivity index (χ1v) is 4.97. The summed E-state index contributed by atoms with van der Waals surface area (Å²) in [6, 6.07) is 3.70. The number of pyridine rings is 1. The van der Waals surface area contributed by atoms with Crippen molar-refractivity contribution < 1.29 is 4.79 Å². The van der Waals surface area contributed by atoms with E-state index < -0.39 is 0 Å². The maximum atomic E-state index is 11.7. The lowest BCUT2D eigenvalue weighted by molar-refractivity contribution is -0.113. The molecule has 0 aliphatic rings. The van der Waals surface area contributed by atoms with Crippen molar-refractivity contribution in [3.63, 3.8) is 0 Å². The highest BCUT2D eigenvalue weighted by Gasteiger charge is 2.09. The zero-order valence-electron chi connectivity index (χ0n) is 9.40. The Morgan fingerprint density at radius 2 is 2.00 bits per heavy atom. The van der Waals surface area contributed by atoms with Gasteiger partial charge in [-0.3, -0.25) is 9.78 Å². The standard InChI is InChI=1S/C12H16N2O/c1-4-12(15)11(9-14(2)3)10-5-7-13-8-6-10/h5-9H,4H2,1-3H3/b11-9+. The number of ketones is 1. The minimum Gasteiger partial charge on any atom is -0.383 e. The van der Waals surface area contributed by atoms with Crippen molar-refractivity contribution in [2.75, 3.05) is 14.1 Å². The Hall–Kier alpha value is -1.64. The minimum absolute atomic E-state index is 0.148. The molecule has 0 aliphatic heterocycles. The summed E-state index contributed by atoms with van der Waals surface area (Å²) in [5.74, 6) is 0.148. The number of rotatable bonds is 4. The fourth-order valence-electron chi connectivity index (χ4n) is 1.29. The molecule has 0 bridgehead atoms. The van der Waals surface area contributed by atoms with Crippen LogP contribution in [-0.4, -0.2) is 29.8 Å². The van der Waals surface area contributed by atoms with Crippen LogP contribution in [0.1, 0.15) is 18.9 Å². The summed E-state index contributed by atoms with van der Waals surface area (Å²) in [6.45, 7) is 1.87. The van der Waals surface area contributed by atoms with Gasteiger partial charge in [-0.2, -0.15) is 0 Å². The van der Waals surface area contributed by atoms with Crippen molar-refractivity contribution in [2.24, 2.45) is 0 Å². The summed E-state index contributed by atoms with van der Waals surface area (Å²) in [5, 5.41) is 0. The van der Waals surface area contributed by atoms with Crippen LogP contribution >= 0.6 is 0 Å². The molecule has 1 heterocycles. The first kappa shape index (κ1) is 11.4. The molecule has 0 atom stereocenters. The largest absolute Gasteiger partial charge is 0.383 e. The molecule has 0 fully saturated rings. The molecule has 0 radical (unpaired) electrons. The highest BCUT2D eigenvalue weighted by molar-refractivity contribution is 6.20. The van der Waals surface area contributed by atoms with Gasteiger partial charge in [-0.25, -0.2) is 0 Å². The van der Waals surface area contributed by atoms with E-state index in [0.717, 1.165) is 11.1 Å². The van der Waals surface area contributed by atoms with E-state index in [4.69, 9.17) is 0 Å². The quantitative estimate of drug-likeness (QED) is 0.703. The summed E-state index contributed by atoms with van der Waals surface area (Å²) >= 11 is 0. The summed E-state index contributed by atoms with van der Waals surface area (Å²) in [4.78, 5) is 17.6. The van der Waals surface area contributed by atoms with Crippen LogP contribution in [0.3, 0.4) is 0 Å². The number of aromatic nitrogens is 1. The average Bonchev–Trinajstić information content (AvgIpc) is 2.26. The van der Waals surface area contributed by atoms with Crippen molar-refractivity contribution in [1.82, 2.24) is 9.88 Å². The maximum Gasteiger partial charge on any atom is 0.164 e. The third-order valence-electron chi connectivity index (χ3n) is 2.00. The highest BCUT2D eigenvalue weighted by Crippen LogP contribution is 2.16. The van der Waals surface area contributed by atoms with Gasteiger partial charge in [-0.1, -0.05) is 6.92 Å². The van der Waals surface area contributed by atoms with Gasteiger partial charge in [-0.05, 0) is 17.7 Å². The number of Topliss-reactive ketones (excluding diaryl/α,β-unsaturated/α-hetero) is 1. The second-order valence-electron chi connectivity index (χ2n) is 3.52. The van der Waals surface area contributed by atoms with Gasteiger partial charge >= 0.3 is 0 Å². The van der Waals surface area contributed by atoms with Crippen LogP contribution in [0.5, 0.6) is 0 Å². The van der Waals surface area contributed by atoms with Gasteiger partial charge in [0.15, 0.2) is 5.78 Å². The van der Waals surface area contributed by atoms with E-state index in [1.807, 2.05) is 44.3 Å². The van der Waals surface area contributed by atoms with Gasteiger partial charge in [0.2, 0.25) is 0 Å². The second kappa shape index (κ2) is 5.29. The molecule has 0 N–H and O–H groups in total. The lowest BCUT2D eigenvalue weighted by Crippen LogP contribution is -2.08. The van der Waals surface area contributed by atoms with Gasteiger partial charge in [0, 0.05) is 44.7 Å². The number of hydrogen-bond donors (Lipinski definition) is 0. The zero-order chi connectivity index (χ0) is 11.3. The van der Waals surface area contributed by atoms with E-state index in [-0.39, 0.29) is 5.78 Å². The number of hydrogen-bond acceptors (Lipinski definition) is 3. The normalized spacial score (nSPS) is 11.3. The third kappa shape index (κ3) is 3.20. The van der Waals surface area contributed by atoms with Crippen molar-refractivity contribution in [1.29, 1.82) is 0 Å². The molecular formula is C12H16N2O. The Morgan fingerprint density at radius 1 is 1.40 bits per heavy atom. The summed E-state index contributed by atoms with van der Waals surface area (Å²) in [5.41, 5.74) is 1.66. The molecule has 0 saturated carbocycles. The maximum absolute atomic E-state index is 11.7. The van der Waals surface area contributed by atoms with E-state index >= 15 is 0 Å². The molecule has 80 valence electrons. The smallest absolute Gasteiger partial charge is 0.164 e. The predicted octanol–water partition coefficient (Wildman–Crippen LogP) is 1.96. The number of carbonyl (C=O) groups is 1. The van der Waals surface area contributed by atoms with Crippen LogP contribution in [0, 0.1) is 0 Å². The molecule has 3 heteroatoms. The lowest BCUT2D eigenvalue weighted by Gasteiger charge is -2.10. The predicted molar refractivity (Wildman–Crippen MR) is 61.2 cm³/mol. The van der Waals surface area contributed by atoms with Gasteiger partial charge < -0.3 is 4.90 Å². The van der Waals surface area contributed by atoms with Crippen LogP contribution in [0.2, 0.25) is 0 Å². The Kier molecular flexibility index (Phi) is 4.03. The van der Waals surface area contributed by atoms with Crippen LogP contribution < -0.4 is 0 Å². The van der Waals surface area contributed by atoms with Crippen LogP contribution in [0.25, 0.3) is 5.57 Å². The first-order valence-electron chi connectivity index (χ1n) is 4.97. The fraction of sp³-hybridized carbons (Fsp3) is 0.333. The van der Waals surface area contributed by atoms with Gasteiger partial charge in [-0.15, -0.1) is 0 Å². The van der Waals surface area contributed by atoms with E-state index in [1.165, 1.54) is 0 Å². The lowest BCUT2D eigenvalue weighted by atomic mass is 10.0. The van der Waals surface area contributed by atoms with Gasteiger partial charge in [0.05, 0.1) is 0 Å². The molecule has 0 amide bonds. The van der Waals surface area contributed by atoms with Crippen molar-refractivity contribution in [2.45, 2.75) is 13.3 Å². The topological polar surface area (TPSA) is 33.2 Å². The Balaban J connectivity index is 3.08. The summed E-state index contributed by atoms with van der Waals surface area (Å²) in [6.07, 6.45) is 5.76. The molecule has 0 saturated heterocycles. The Morgan fingerprint density at radius 3 is 2.47 bits per heavy atom. The molecule has 3 nitrogen and oxygen atoms in total. The highest BCUT2D eigenvalue weighted by atomic mass is 16.1. The zero-order valence-corrected chi connectivity index (χ0v) is 9.40. The molecular weight excluding hydrogens is 188 g/mol. The van der Waals surface area contributed by atoms with Crippen molar-refractivity contribution in [3.8, 4) is 0 Å². The van der Waals surface area contributed by atoms with E-state index in [1.54, 1.807) is 12.4 Å². The summed E-state index contributed by atoms with van der Waals surface area (Å²) < 4.78 is 0. The van der Waals surface area contributed by atoms with E-state index in [0.29, 0.717) is 6.42 Å². The SMILES string of the molecule is CCC(=O)/C(=C/N(C)C)c1ccncc1. The summed E-state index contributed by atoms with van der Waals surface area (Å²) in [7, 11) is 3.81. The van der Waals surface area contributed by atoms with E-state index in [9.17, 15) is 4.79 Å². The van der Waals surface area contributed by atoms with Crippen LogP contribution in [0.4, 0.5) is 0 Å². The minimum atomic E-state index is 0.148. The molecule has 1 aromatic heterocycles. The third-order valence-corrected chi connectivity index (χ3v) is 2.00. The molecule has 0 unspecified atom stereocenters. The fourth-order valence-corrected chi connectivity index (χ4v) is 1.29. The number of carbonyl (C=O) groups excluding carboxylic acids is 1. The van der Waals surface area contributed by atoms with Gasteiger partial charge in [0.25, 0.3) is 0 Å². The average molecular weight is 204 g/mol. The van der Waals surface area contributed by atoms with Crippen molar-refractivity contribution >= 4 is 11.4 Å². The monoisotopic (exact) mass is 204 g/mol. The van der Waals surface area contributed by atoms with Crippen LogP contribution in [0.15, 0.2) is 30.7 Å². The van der Waals surface area contributed by atoms with Crippen LogP contribution in [-0.2, 0) is 4.79 Å². The first-order chi connectivity index (χ1) is 7.15. The molecule has 15 heavy (non-hydrogen) atoms.